The van der Waals surface area contributed by atoms with Crippen LogP contribution in [0.15, 0.2) is 78.9 Å². The zero-order valence-corrected chi connectivity index (χ0v) is 18.6. The summed E-state index contributed by atoms with van der Waals surface area (Å²) in [5.41, 5.74) is 0.936. The van der Waals surface area contributed by atoms with Gasteiger partial charge in [0.2, 0.25) is 5.91 Å². The monoisotopic (exact) mass is 474 g/mol. The first-order chi connectivity index (χ1) is 16.9. The number of para-hydroxylation sites is 1. The molecule has 0 radical (unpaired) electrons. The summed E-state index contributed by atoms with van der Waals surface area (Å²) in [6, 6.07) is 19.9. The molecule has 0 aliphatic carbocycles. The number of nitro groups is 2. The summed E-state index contributed by atoms with van der Waals surface area (Å²) in [4.78, 5) is 37.4. The zero-order chi connectivity index (χ0) is 24.8. The second-order valence-corrected chi connectivity index (χ2v) is 7.86. The van der Waals surface area contributed by atoms with Gasteiger partial charge in [-0.05, 0) is 35.9 Å². The van der Waals surface area contributed by atoms with Crippen LogP contribution in [0.3, 0.4) is 0 Å². The number of nitrogens with zero attached hydrogens (tertiary/aromatic N) is 4. The number of ether oxygens (including phenoxy) is 1. The molecule has 178 valence electrons. The number of carbonyl (C=O) groups is 1. The summed E-state index contributed by atoms with van der Waals surface area (Å²) in [5, 5.41) is 22.2. The van der Waals surface area contributed by atoms with Crippen LogP contribution in [0.25, 0.3) is 6.08 Å². The van der Waals surface area contributed by atoms with Gasteiger partial charge in [0.1, 0.15) is 11.5 Å². The highest BCUT2D eigenvalue weighted by molar-refractivity contribution is 5.92. The summed E-state index contributed by atoms with van der Waals surface area (Å²) in [6.07, 6.45) is 3.16. The Balaban J connectivity index is 1.40. The van der Waals surface area contributed by atoms with Crippen molar-refractivity contribution in [2.24, 2.45) is 0 Å². The number of benzene rings is 3. The lowest BCUT2D eigenvalue weighted by Gasteiger charge is -2.35. The van der Waals surface area contributed by atoms with E-state index in [-0.39, 0.29) is 11.7 Å². The average molecular weight is 474 g/mol. The number of hydrogen-bond donors (Lipinski definition) is 0. The number of piperazine rings is 1. The van der Waals surface area contributed by atoms with Crippen LogP contribution in [0.5, 0.6) is 11.5 Å². The van der Waals surface area contributed by atoms with Gasteiger partial charge in [0.25, 0.3) is 11.4 Å². The molecule has 1 amide bonds. The Kier molecular flexibility index (Phi) is 7.01. The Bertz CT molecular complexity index is 1240. The van der Waals surface area contributed by atoms with Gasteiger partial charge in [-0.2, -0.15) is 0 Å². The average Bonchev–Trinajstić information content (AvgIpc) is 2.88. The molecule has 1 aliphatic rings. The molecular weight excluding hydrogens is 452 g/mol. The Morgan fingerprint density at radius 2 is 1.46 bits per heavy atom. The second-order valence-electron chi connectivity index (χ2n) is 7.86. The lowest BCUT2D eigenvalue weighted by Crippen LogP contribution is -2.48. The topological polar surface area (TPSA) is 119 Å². The largest absolute Gasteiger partial charge is 0.457 e. The van der Waals surface area contributed by atoms with Crippen molar-refractivity contribution in [3.8, 4) is 11.5 Å². The van der Waals surface area contributed by atoms with Crippen LogP contribution in [0, 0.1) is 20.2 Å². The predicted octanol–water partition coefficient (Wildman–Crippen LogP) is 4.66. The summed E-state index contributed by atoms with van der Waals surface area (Å²) in [6.45, 7) is 2.74. The number of amides is 1. The number of nitro benzene ring substituents is 2. The van der Waals surface area contributed by atoms with Crippen molar-refractivity contribution in [2.75, 3.05) is 31.1 Å². The van der Waals surface area contributed by atoms with Crippen LogP contribution < -0.4 is 9.64 Å². The third-order valence-corrected chi connectivity index (χ3v) is 5.52. The van der Waals surface area contributed by atoms with E-state index in [1.54, 1.807) is 35.2 Å². The van der Waals surface area contributed by atoms with E-state index in [2.05, 4.69) is 17.0 Å². The third kappa shape index (κ3) is 5.99. The highest BCUT2D eigenvalue weighted by Crippen LogP contribution is 2.31. The molecule has 0 N–H and O–H groups in total. The van der Waals surface area contributed by atoms with E-state index in [9.17, 15) is 25.0 Å². The maximum absolute atomic E-state index is 12.7. The molecule has 0 aromatic heterocycles. The first-order valence-electron chi connectivity index (χ1n) is 10.9. The highest BCUT2D eigenvalue weighted by Gasteiger charge is 2.20. The van der Waals surface area contributed by atoms with Gasteiger partial charge < -0.3 is 14.5 Å². The molecule has 10 nitrogen and oxygen atoms in total. The molecule has 1 aliphatic heterocycles. The van der Waals surface area contributed by atoms with Gasteiger partial charge in [0.05, 0.1) is 28.0 Å². The van der Waals surface area contributed by atoms with Gasteiger partial charge >= 0.3 is 0 Å². The van der Waals surface area contributed by atoms with Gasteiger partial charge in [0.15, 0.2) is 0 Å². The van der Waals surface area contributed by atoms with Gasteiger partial charge in [0, 0.05) is 37.9 Å². The first kappa shape index (κ1) is 23.4. The Morgan fingerprint density at radius 3 is 2.09 bits per heavy atom. The van der Waals surface area contributed by atoms with Crippen molar-refractivity contribution in [3.05, 3.63) is 105 Å². The Hall–Kier alpha value is -4.73. The summed E-state index contributed by atoms with van der Waals surface area (Å²) < 4.78 is 5.63. The Labute approximate surface area is 201 Å². The first-order valence-corrected chi connectivity index (χ1v) is 10.9. The minimum Gasteiger partial charge on any atom is -0.457 e. The molecule has 1 saturated heterocycles. The van der Waals surface area contributed by atoms with Crippen LogP contribution in [0.2, 0.25) is 0 Å². The van der Waals surface area contributed by atoms with E-state index in [0.29, 0.717) is 24.4 Å². The predicted molar refractivity (Wildman–Crippen MR) is 131 cm³/mol. The molecular formula is C25H22N4O6. The SMILES string of the molecule is O=C(/C=C/c1cccc(Oc2cc([N+](=O)[O-])cc([N+](=O)[O-])c2)c1)N1CCN(c2ccccc2)CC1. The maximum Gasteiger partial charge on any atom is 0.280 e. The number of non-ortho nitro benzene ring substituents is 2. The van der Waals surface area contributed by atoms with Gasteiger partial charge in [-0.15, -0.1) is 0 Å². The minimum absolute atomic E-state index is 0.0283. The molecule has 0 unspecified atom stereocenters. The fourth-order valence-electron chi connectivity index (χ4n) is 3.75. The van der Waals surface area contributed by atoms with Crippen LogP contribution in [-0.4, -0.2) is 46.8 Å². The zero-order valence-electron chi connectivity index (χ0n) is 18.6. The highest BCUT2D eigenvalue weighted by atomic mass is 16.6. The maximum atomic E-state index is 12.7. The van der Waals surface area contributed by atoms with Gasteiger partial charge in [-0.3, -0.25) is 25.0 Å². The normalized spacial score (nSPS) is 13.6. The molecule has 1 heterocycles. The molecule has 0 saturated carbocycles. The lowest BCUT2D eigenvalue weighted by molar-refractivity contribution is -0.394. The molecule has 10 heteroatoms. The van der Waals surface area contributed by atoms with Crippen LogP contribution in [-0.2, 0) is 4.79 Å². The molecule has 1 fully saturated rings. The fourth-order valence-corrected chi connectivity index (χ4v) is 3.75. The summed E-state index contributed by atoms with van der Waals surface area (Å²) in [7, 11) is 0. The number of carbonyl (C=O) groups excluding carboxylic acids is 1. The van der Waals surface area contributed by atoms with Crippen molar-refractivity contribution < 1.29 is 19.4 Å². The quantitative estimate of drug-likeness (QED) is 0.278. The summed E-state index contributed by atoms with van der Waals surface area (Å²) in [5.74, 6) is 0.198. The minimum atomic E-state index is -0.718. The smallest absolute Gasteiger partial charge is 0.280 e. The van der Waals surface area contributed by atoms with Crippen molar-refractivity contribution in [1.29, 1.82) is 0 Å². The standard InChI is InChI=1S/C25H22N4O6/c30-25(27-13-11-26(12-14-27)20-6-2-1-3-7-20)10-9-19-5-4-8-23(15-19)35-24-17-21(28(31)32)16-22(18-24)29(33)34/h1-10,15-18H,11-14H2/b10-9+. The lowest BCUT2D eigenvalue weighted by atomic mass is 10.2. The van der Waals surface area contributed by atoms with E-state index >= 15 is 0 Å². The van der Waals surface area contributed by atoms with E-state index in [1.165, 1.54) is 6.08 Å². The molecule has 0 bridgehead atoms. The van der Waals surface area contributed by atoms with Crippen molar-refractivity contribution in [2.45, 2.75) is 0 Å². The molecule has 0 atom stereocenters. The van der Waals surface area contributed by atoms with Crippen molar-refractivity contribution in [3.63, 3.8) is 0 Å². The summed E-state index contributed by atoms with van der Waals surface area (Å²) >= 11 is 0. The number of hydrogen-bond acceptors (Lipinski definition) is 7. The second kappa shape index (κ2) is 10.5. The van der Waals surface area contributed by atoms with Crippen LogP contribution in [0.4, 0.5) is 17.1 Å². The molecule has 35 heavy (non-hydrogen) atoms. The van der Waals surface area contributed by atoms with E-state index < -0.39 is 21.2 Å². The van der Waals surface area contributed by atoms with E-state index in [1.807, 2.05) is 18.2 Å². The molecule has 0 spiro atoms. The van der Waals surface area contributed by atoms with Crippen LogP contribution >= 0.6 is 0 Å². The van der Waals surface area contributed by atoms with Gasteiger partial charge in [-0.1, -0.05) is 30.3 Å². The van der Waals surface area contributed by atoms with Crippen molar-refractivity contribution in [1.82, 2.24) is 4.90 Å². The van der Waals surface area contributed by atoms with Crippen LogP contribution in [0.1, 0.15) is 5.56 Å². The Morgan fingerprint density at radius 1 is 0.800 bits per heavy atom. The fraction of sp³-hybridized carbons (Fsp3) is 0.160. The van der Waals surface area contributed by atoms with Crippen molar-refractivity contribution >= 4 is 29.0 Å². The van der Waals surface area contributed by atoms with Gasteiger partial charge in [-0.25, -0.2) is 0 Å². The van der Waals surface area contributed by atoms with E-state index in [4.69, 9.17) is 4.74 Å². The van der Waals surface area contributed by atoms with E-state index in [0.717, 1.165) is 37.0 Å². The molecule has 4 rings (SSSR count). The number of rotatable bonds is 7. The third-order valence-electron chi connectivity index (χ3n) is 5.52. The molecule has 3 aromatic rings. The molecule has 3 aromatic carbocycles. The number of anilines is 1.